The van der Waals surface area contributed by atoms with Gasteiger partial charge in [-0.05, 0) is 43.2 Å². The number of hydrogen-bond donors (Lipinski definition) is 1. The number of thioether (sulfide) groups is 1. The minimum Gasteiger partial charge on any atom is -0.497 e. The van der Waals surface area contributed by atoms with E-state index in [1.165, 1.54) is 17.3 Å². The number of nitrogens with zero attached hydrogens (tertiary/aromatic N) is 3. The van der Waals surface area contributed by atoms with E-state index >= 15 is 0 Å². The summed E-state index contributed by atoms with van der Waals surface area (Å²) in [6.07, 6.45) is 1.68. The van der Waals surface area contributed by atoms with Crippen molar-refractivity contribution < 1.29 is 9.53 Å². The predicted octanol–water partition coefficient (Wildman–Crippen LogP) is 5.36. The van der Waals surface area contributed by atoms with Gasteiger partial charge in [-0.15, -0.1) is 10.2 Å². The van der Waals surface area contributed by atoms with Gasteiger partial charge in [0.25, 0.3) is 0 Å². The number of anilines is 1. The number of aromatic nitrogens is 3. The van der Waals surface area contributed by atoms with Crippen molar-refractivity contribution in [3.05, 3.63) is 95.8 Å². The van der Waals surface area contributed by atoms with Crippen molar-refractivity contribution >= 4 is 23.4 Å². The number of aryl methyl sites for hydroxylation is 2. The Balaban J connectivity index is 1.66. The van der Waals surface area contributed by atoms with Crippen LogP contribution in [0.3, 0.4) is 0 Å². The molecule has 4 rings (SSSR count). The molecule has 162 valence electrons. The first-order valence-electron chi connectivity index (χ1n) is 10.2. The Labute approximate surface area is 191 Å². The van der Waals surface area contributed by atoms with Gasteiger partial charge in [0.1, 0.15) is 17.3 Å². The first-order valence-corrected chi connectivity index (χ1v) is 11.1. The van der Waals surface area contributed by atoms with Crippen molar-refractivity contribution in [3.63, 3.8) is 0 Å². The summed E-state index contributed by atoms with van der Waals surface area (Å²) in [7, 11) is 1.60. The van der Waals surface area contributed by atoms with Crippen LogP contribution in [0.15, 0.2) is 84.3 Å². The molecule has 1 heterocycles. The molecule has 32 heavy (non-hydrogen) atoms. The summed E-state index contributed by atoms with van der Waals surface area (Å²) in [5, 5.41) is 11.6. The summed E-state index contributed by atoms with van der Waals surface area (Å²) in [6.45, 7) is 4.12. The van der Waals surface area contributed by atoms with Gasteiger partial charge in [-0.3, -0.25) is 9.36 Å². The minimum atomic E-state index is -0.517. The molecular weight excluding hydrogens is 420 g/mol. The molecule has 7 heteroatoms. The number of ether oxygens (including phenoxy) is 1. The van der Waals surface area contributed by atoms with Gasteiger partial charge in [0.2, 0.25) is 5.91 Å². The lowest BCUT2D eigenvalue weighted by Crippen LogP contribution is -2.19. The lowest BCUT2D eigenvalue weighted by molar-refractivity contribution is -0.115. The molecule has 0 bridgehead atoms. The molecule has 1 N–H and O–H groups in total. The molecule has 1 atom stereocenters. The zero-order valence-electron chi connectivity index (χ0n) is 18.1. The molecule has 6 nitrogen and oxygen atoms in total. The molecule has 3 aromatic carbocycles. The largest absolute Gasteiger partial charge is 0.497 e. The molecule has 0 fully saturated rings. The van der Waals surface area contributed by atoms with Crippen LogP contribution in [-0.2, 0) is 4.79 Å². The molecule has 1 aromatic heterocycles. The third kappa shape index (κ3) is 4.84. The monoisotopic (exact) mass is 444 g/mol. The van der Waals surface area contributed by atoms with Crippen LogP contribution < -0.4 is 10.1 Å². The summed E-state index contributed by atoms with van der Waals surface area (Å²) in [4.78, 5) is 13.4. The van der Waals surface area contributed by atoms with E-state index < -0.39 is 5.25 Å². The van der Waals surface area contributed by atoms with Crippen LogP contribution in [0.5, 0.6) is 5.75 Å². The van der Waals surface area contributed by atoms with Gasteiger partial charge in [-0.1, -0.05) is 65.9 Å². The van der Waals surface area contributed by atoms with E-state index in [1.54, 1.807) is 19.5 Å². The molecule has 1 amide bonds. The van der Waals surface area contributed by atoms with Crippen molar-refractivity contribution in [1.29, 1.82) is 0 Å². The average Bonchev–Trinajstić information content (AvgIpc) is 3.26. The summed E-state index contributed by atoms with van der Waals surface area (Å²) in [6, 6.07) is 23.2. The number of rotatable bonds is 7. The number of carbonyl (C=O) groups excluding carboxylic acids is 1. The fourth-order valence-electron chi connectivity index (χ4n) is 3.46. The second-order valence-corrected chi connectivity index (χ2v) is 8.48. The van der Waals surface area contributed by atoms with Crippen molar-refractivity contribution in [2.45, 2.75) is 24.3 Å². The first-order chi connectivity index (χ1) is 15.5. The molecule has 0 saturated carbocycles. The highest BCUT2D eigenvalue weighted by atomic mass is 32.2. The van der Waals surface area contributed by atoms with Crippen molar-refractivity contribution in [2.75, 3.05) is 12.4 Å². The molecule has 4 aromatic rings. The smallest absolute Gasteiger partial charge is 0.242 e. The fourth-order valence-corrected chi connectivity index (χ4v) is 4.48. The topological polar surface area (TPSA) is 69.0 Å². The summed E-state index contributed by atoms with van der Waals surface area (Å²) in [5.41, 5.74) is 4.85. The minimum absolute atomic E-state index is 0.148. The zero-order valence-corrected chi connectivity index (χ0v) is 19.0. The van der Waals surface area contributed by atoms with E-state index in [9.17, 15) is 4.79 Å². The summed E-state index contributed by atoms with van der Waals surface area (Å²) in [5.74, 6) is 0.533. The normalized spacial score (nSPS) is 11.7. The molecule has 0 spiro atoms. The molecule has 1 unspecified atom stereocenters. The van der Waals surface area contributed by atoms with Gasteiger partial charge in [0, 0.05) is 11.8 Å². The predicted molar refractivity (Wildman–Crippen MR) is 127 cm³/mol. The maximum Gasteiger partial charge on any atom is 0.242 e. The Morgan fingerprint density at radius 2 is 1.84 bits per heavy atom. The van der Waals surface area contributed by atoms with Crippen LogP contribution in [0.4, 0.5) is 5.69 Å². The van der Waals surface area contributed by atoms with Crippen molar-refractivity contribution in [1.82, 2.24) is 14.8 Å². The molecule has 0 aliphatic heterocycles. The third-order valence-corrected chi connectivity index (χ3v) is 6.24. The van der Waals surface area contributed by atoms with Crippen molar-refractivity contribution in [2.24, 2.45) is 0 Å². The van der Waals surface area contributed by atoms with Crippen LogP contribution in [0.2, 0.25) is 0 Å². The number of hydrogen-bond acceptors (Lipinski definition) is 5. The Morgan fingerprint density at radius 1 is 1.03 bits per heavy atom. The van der Waals surface area contributed by atoms with Gasteiger partial charge >= 0.3 is 0 Å². The molecule has 0 radical (unpaired) electrons. The third-order valence-electron chi connectivity index (χ3n) is 5.03. The highest BCUT2D eigenvalue weighted by molar-refractivity contribution is 8.00. The van der Waals surface area contributed by atoms with Gasteiger partial charge < -0.3 is 10.1 Å². The molecular formula is C25H24N4O2S. The fraction of sp³-hybridized carbons (Fsp3) is 0.160. The quantitative estimate of drug-likeness (QED) is 0.388. The SMILES string of the molecule is COc1cccc(NC(=O)C(Sc2nncn2-c2ccc(C)cc2C)c2ccccc2)c1. The van der Waals surface area contributed by atoms with Gasteiger partial charge in [-0.25, -0.2) is 0 Å². The molecule has 0 saturated heterocycles. The lowest BCUT2D eigenvalue weighted by Gasteiger charge is -2.18. The molecule has 0 aliphatic rings. The van der Waals surface area contributed by atoms with Crippen LogP contribution in [0.1, 0.15) is 21.9 Å². The number of methoxy groups -OCH3 is 1. The Morgan fingerprint density at radius 3 is 2.59 bits per heavy atom. The van der Waals surface area contributed by atoms with E-state index in [0.717, 1.165) is 16.8 Å². The van der Waals surface area contributed by atoms with E-state index in [4.69, 9.17) is 4.74 Å². The van der Waals surface area contributed by atoms with Gasteiger partial charge in [-0.2, -0.15) is 0 Å². The number of carbonyl (C=O) groups is 1. The number of amides is 1. The van der Waals surface area contributed by atoms with E-state index in [0.29, 0.717) is 16.6 Å². The Bertz CT molecular complexity index is 1220. The lowest BCUT2D eigenvalue weighted by atomic mass is 10.1. The maximum absolute atomic E-state index is 13.4. The van der Waals surface area contributed by atoms with Gasteiger partial charge in [0.15, 0.2) is 5.16 Å². The van der Waals surface area contributed by atoms with E-state index in [2.05, 4.69) is 41.5 Å². The van der Waals surface area contributed by atoms with Crippen LogP contribution in [0.25, 0.3) is 5.69 Å². The first kappa shape index (κ1) is 21.6. The summed E-state index contributed by atoms with van der Waals surface area (Å²) < 4.78 is 7.20. The Hall–Kier alpha value is -3.58. The zero-order chi connectivity index (χ0) is 22.5. The highest BCUT2D eigenvalue weighted by Gasteiger charge is 2.25. The number of nitrogens with one attached hydrogen (secondary N) is 1. The highest BCUT2D eigenvalue weighted by Crippen LogP contribution is 2.36. The van der Waals surface area contributed by atoms with Crippen molar-refractivity contribution in [3.8, 4) is 11.4 Å². The average molecular weight is 445 g/mol. The molecule has 0 aliphatic carbocycles. The van der Waals surface area contributed by atoms with Gasteiger partial charge in [0.05, 0.1) is 12.8 Å². The van der Waals surface area contributed by atoms with Crippen LogP contribution in [0, 0.1) is 13.8 Å². The number of benzene rings is 3. The van der Waals surface area contributed by atoms with Crippen LogP contribution in [-0.4, -0.2) is 27.8 Å². The maximum atomic E-state index is 13.4. The standard InChI is InChI=1S/C25H24N4O2S/c1-17-12-13-22(18(2)14-17)29-16-26-28-25(29)32-23(19-8-5-4-6-9-19)24(30)27-20-10-7-11-21(15-20)31-3/h4-16,23H,1-3H3,(H,27,30). The second-order valence-electron chi connectivity index (χ2n) is 7.40. The van der Waals surface area contributed by atoms with E-state index in [1.807, 2.05) is 59.2 Å². The van der Waals surface area contributed by atoms with Crippen LogP contribution >= 0.6 is 11.8 Å². The van der Waals surface area contributed by atoms with E-state index in [-0.39, 0.29) is 5.91 Å². The summed E-state index contributed by atoms with van der Waals surface area (Å²) >= 11 is 1.37. The second kappa shape index (κ2) is 9.70. The Kier molecular flexibility index (Phi) is 6.56.